The molecule has 0 atom stereocenters. The Hall–Kier alpha value is -1.39. The van der Waals surface area contributed by atoms with Crippen molar-refractivity contribution in [3.05, 3.63) is 42.0 Å². The van der Waals surface area contributed by atoms with E-state index in [0.29, 0.717) is 12.0 Å². The van der Waals surface area contributed by atoms with Gasteiger partial charge in [-0.05, 0) is 44.4 Å². The van der Waals surface area contributed by atoms with Gasteiger partial charge < -0.3 is 4.74 Å². The Morgan fingerprint density at radius 3 is 2.48 bits per heavy atom. The van der Waals surface area contributed by atoms with Crippen LogP contribution in [0, 0.1) is 6.61 Å². The standard InChI is InChI=1S/C17H25O4/c1-5-6-7-14-8-10-15(11-9-14)16(18)21-20-13-12-17(2,3)19-4/h8-11,13H,5-7,12H2,1-4H3. The van der Waals surface area contributed by atoms with Crippen molar-refractivity contribution < 1.29 is 19.3 Å². The van der Waals surface area contributed by atoms with Crippen LogP contribution in [0.25, 0.3) is 0 Å². The Morgan fingerprint density at radius 2 is 1.90 bits per heavy atom. The molecule has 4 nitrogen and oxygen atoms in total. The van der Waals surface area contributed by atoms with Crippen LogP contribution in [-0.4, -0.2) is 18.7 Å². The van der Waals surface area contributed by atoms with Crippen LogP contribution in [0.15, 0.2) is 24.3 Å². The van der Waals surface area contributed by atoms with Gasteiger partial charge in [-0.25, -0.2) is 4.79 Å². The number of benzene rings is 1. The van der Waals surface area contributed by atoms with Gasteiger partial charge in [0, 0.05) is 13.5 Å². The van der Waals surface area contributed by atoms with E-state index in [9.17, 15) is 4.79 Å². The second-order valence-corrected chi connectivity index (χ2v) is 5.60. The Morgan fingerprint density at radius 1 is 1.24 bits per heavy atom. The van der Waals surface area contributed by atoms with Crippen molar-refractivity contribution >= 4 is 5.97 Å². The predicted molar refractivity (Wildman–Crippen MR) is 81.6 cm³/mol. The highest BCUT2D eigenvalue weighted by Crippen LogP contribution is 2.15. The Labute approximate surface area is 127 Å². The highest BCUT2D eigenvalue weighted by molar-refractivity contribution is 5.88. The SMILES string of the molecule is CCCCc1ccc(C(=O)OO[CH]CC(C)(C)OC)cc1. The molecule has 0 unspecified atom stereocenters. The molecule has 0 N–H and O–H groups in total. The van der Waals surface area contributed by atoms with Gasteiger partial charge in [0.2, 0.25) is 0 Å². The zero-order chi connectivity index (χ0) is 15.7. The van der Waals surface area contributed by atoms with Gasteiger partial charge in [0.25, 0.3) is 0 Å². The first-order valence-corrected chi connectivity index (χ1v) is 7.32. The van der Waals surface area contributed by atoms with E-state index in [-0.39, 0.29) is 5.60 Å². The molecule has 0 aliphatic heterocycles. The number of rotatable bonds is 9. The summed E-state index contributed by atoms with van der Waals surface area (Å²) < 4.78 is 5.22. The van der Waals surface area contributed by atoms with Crippen molar-refractivity contribution in [2.24, 2.45) is 0 Å². The van der Waals surface area contributed by atoms with Crippen LogP contribution in [0.3, 0.4) is 0 Å². The van der Waals surface area contributed by atoms with Gasteiger partial charge in [0.05, 0.1) is 11.2 Å². The van der Waals surface area contributed by atoms with Gasteiger partial charge in [-0.3, -0.25) is 4.89 Å². The maximum absolute atomic E-state index is 11.8. The molecule has 0 amide bonds. The van der Waals surface area contributed by atoms with E-state index in [1.807, 2.05) is 26.0 Å². The normalized spacial score (nSPS) is 11.4. The largest absolute Gasteiger partial charge is 0.379 e. The number of aryl methyl sites for hydroxylation is 1. The van der Waals surface area contributed by atoms with E-state index in [1.165, 1.54) is 12.2 Å². The molecule has 21 heavy (non-hydrogen) atoms. The molecule has 1 rings (SSSR count). The van der Waals surface area contributed by atoms with Gasteiger partial charge >= 0.3 is 5.97 Å². The summed E-state index contributed by atoms with van der Waals surface area (Å²) in [7, 11) is 1.62. The quantitative estimate of drug-likeness (QED) is 0.391. The monoisotopic (exact) mass is 293 g/mol. The predicted octanol–water partition coefficient (Wildman–Crippen LogP) is 4.09. The lowest BCUT2D eigenvalue weighted by Gasteiger charge is -2.21. The molecule has 0 saturated heterocycles. The van der Waals surface area contributed by atoms with Crippen LogP contribution in [0.2, 0.25) is 0 Å². The van der Waals surface area contributed by atoms with Crippen LogP contribution in [0.5, 0.6) is 0 Å². The lowest BCUT2D eigenvalue weighted by atomic mass is 10.1. The lowest BCUT2D eigenvalue weighted by Crippen LogP contribution is -2.22. The summed E-state index contributed by atoms with van der Waals surface area (Å²) in [5, 5.41) is 0. The minimum Gasteiger partial charge on any atom is -0.379 e. The average Bonchev–Trinajstić information content (AvgIpc) is 2.50. The van der Waals surface area contributed by atoms with E-state index in [0.717, 1.165) is 19.3 Å². The van der Waals surface area contributed by atoms with Crippen LogP contribution < -0.4 is 0 Å². The third-order valence-electron chi connectivity index (χ3n) is 3.33. The summed E-state index contributed by atoms with van der Waals surface area (Å²) in [5.41, 5.74) is 1.37. The number of hydrogen-bond acceptors (Lipinski definition) is 4. The number of ether oxygens (including phenoxy) is 1. The molecule has 0 bridgehead atoms. The zero-order valence-corrected chi connectivity index (χ0v) is 13.3. The van der Waals surface area contributed by atoms with Crippen LogP contribution >= 0.6 is 0 Å². The van der Waals surface area contributed by atoms with Crippen molar-refractivity contribution in [2.75, 3.05) is 7.11 Å². The first-order valence-electron chi connectivity index (χ1n) is 7.32. The zero-order valence-electron chi connectivity index (χ0n) is 13.3. The van der Waals surface area contributed by atoms with E-state index >= 15 is 0 Å². The molecule has 0 aliphatic carbocycles. The fourth-order valence-electron chi connectivity index (χ4n) is 1.63. The van der Waals surface area contributed by atoms with Crippen molar-refractivity contribution in [3.63, 3.8) is 0 Å². The summed E-state index contributed by atoms with van der Waals surface area (Å²) >= 11 is 0. The highest BCUT2D eigenvalue weighted by Gasteiger charge is 2.17. The summed E-state index contributed by atoms with van der Waals surface area (Å²) in [4.78, 5) is 21.3. The van der Waals surface area contributed by atoms with Crippen molar-refractivity contribution in [1.82, 2.24) is 0 Å². The van der Waals surface area contributed by atoms with Gasteiger partial charge in [-0.15, -0.1) is 0 Å². The van der Waals surface area contributed by atoms with Crippen molar-refractivity contribution in [3.8, 4) is 0 Å². The molecule has 117 valence electrons. The first kappa shape index (κ1) is 17.7. The molecule has 0 saturated carbocycles. The number of hydrogen-bond donors (Lipinski definition) is 0. The number of unbranched alkanes of at least 4 members (excludes halogenated alkanes) is 1. The second kappa shape index (κ2) is 8.80. The Bertz CT molecular complexity index is 423. The number of carbonyl (C=O) groups is 1. The minimum atomic E-state index is -0.497. The van der Waals surface area contributed by atoms with Gasteiger partial charge in [0.1, 0.15) is 6.61 Å². The minimum absolute atomic E-state index is 0.340. The Kier molecular flexibility index (Phi) is 7.40. The van der Waals surface area contributed by atoms with Crippen molar-refractivity contribution in [1.29, 1.82) is 0 Å². The maximum atomic E-state index is 11.8. The molecule has 1 aromatic rings. The molecule has 1 aromatic carbocycles. The summed E-state index contributed by atoms with van der Waals surface area (Å²) in [6, 6.07) is 7.42. The molecular weight excluding hydrogens is 268 g/mol. The maximum Gasteiger partial charge on any atom is 0.373 e. The second-order valence-electron chi connectivity index (χ2n) is 5.60. The first-order chi connectivity index (χ1) is 9.98. The number of carbonyl (C=O) groups excluding carboxylic acids is 1. The lowest BCUT2D eigenvalue weighted by molar-refractivity contribution is -0.218. The summed E-state index contributed by atoms with van der Waals surface area (Å²) in [6.45, 7) is 7.43. The smallest absolute Gasteiger partial charge is 0.373 e. The summed E-state index contributed by atoms with van der Waals surface area (Å²) in [5.74, 6) is -0.497. The van der Waals surface area contributed by atoms with E-state index in [4.69, 9.17) is 14.5 Å². The molecule has 0 fully saturated rings. The fraction of sp³-hybridized carbons (Fsp3) is 0.529. The average molecular weight is 293 g/mol. The molecule has 0 heterocycles. The topological polar surface area (TPSA) is 44.8 Å². The van der Waals surface area contributed by atoms with Gasteiger partial charge in [-0.1, -0.05) is 25.5 Å². The summed E-state index contributed by atoms with van der Waals surface area (Å²) in [6.07, 6.45) is 3.86. The van der Waals surface area contributed by atoms with E-state index < -0.39 is 5.97 Å². The van der Waals surface area contributed by atoms with Gasteiger partial charge in [-0.2, -0.15) is 4.89 Å². The van der Waals surface area contributed by atoms with Gasteiger partial charge in [0.15, 0.2) is 0 Å². The fourth-order valence-corrected chi connectivity index (χ4v) is 1.63. The van der Waals surface area contributed by atoms with Crippen LogP contribution in [-0.2, 0) is 20.9 Å². The molecule has 0 aliphatic rings. The molecule has 0 spiro atoms. The molecule has 1 radical (unpaired) electrons. The molecule has 0 aromatic heterocycles. The number of methoxy groups -OCH3 is 1. The van der Waals surface area contributed by atoms with E-state index in [1.54, 1.807) is 19.2 Å². The van der Waals surface area contributed by atoms with Crippen LogP contribution in [0.1, 0.15) is 56.0 Å². The molecular formula is C17H25O4. The van der Waals surface area contributed by atoms with Crippen molar-refractivity contribution in [2.45, 2.75) is 52.1 Å². The third-order valence-corrected chi connectivity index (χ3v) is 3.33. The van der Waals surface area contributed by atoms with Crippen LogP contribution in [0.4, 0.5) is 0 Å². The van der Waals surface area contributed by atoms with E-state index in [2.05, 4.69) is 6.92 Å². The Balaban J connectivity index is 2.35. The molecule has 4 heteroatoms. The third kappa shape index (κ3) is 6.74. The highest BCUT2D eigenvalue weighted by atomic mass is 17.2.